The highest BCUT2D eigenvalue weighted by Gasteiger charge is 2.17. The van der Waals surface area contributed by atoms with Crippen molar-refractivity contribution in [2.24, 2.45) is 0 Å². The molecule has 0 saturated heterocycles. The summed E-state index contributed by atoms with van der Waals surface area (Å²) in [4.78, 5) is 12.5. The zero-order valence-corrected chi connectivity index (χ0v) is 19.2. The predicted octanol–water partition coefficient (Wildman–Crippen LogP) is 4.36. The molecule has 7 nitrogen and oxygen atoms in total. The second-order valence-electron chi connectivity index (χ2n) is 7.12. The minimum atomic E-state index is -0.0821. The summed E-state index contributed by atoms with van der Waals surface area (Å²) >= 11 is 1.34. The summed E-state index contributed by atoms with van der Waals surface area (Å²) in [6, 6.07) is 25.1. The van der Waals surface area contributed by atoms with E-state index in [1.807, 2.05) is 83.4 Å². The number of hydrogen-bond acceptors (Lipinski definition) is 6. The lowest BCUT2D eigenvalue weighted by molar-refractivity contribution is -0.118. The van der Waals surface area contributed by atoms with Crippen molar-refractivity contribution in [2.45, 2.75) is 11.7 Å². The van der Waals surface area contributed by atoms with E-state index in [1.54, 1.807) is 14.2 Å². The number of aromatic nitrogens is 3. The summed E-state index contributed by atoms with van der Waals surface area (Å²) in [5.74, 6) is 2.34. The monoisotopic (exact) mass is 460 g/mol. The number of nitrogens with zero attached hydrogens (tertiary/aromatic N) is 3. The predicted molar refractivity (Wildman–Crippen MR) is 129 cm³/mol. The Morgan fingerprint density at radius 3 is 2.39 bits per heavy atom. The second kappa shape index (κ2) is 10.7. The van der Waals surface area contributed by atoms with Crippen LogP contribution in [0, 0.1) is 0 Å². The quantitative estimate of drug-likeness (QED) is 0.374. The maximum atomic E-state index is 12.5. The fraction of sp³-hybridized carbons (Fsp3) is 0.160. The molecule has 0 aliphatic rings. The van der Waals surface area contributed by atoms with Crippen LogP contribution in [0.1, 0.15) is 5.56 Å². The van der Waals surface area contributed by atoms with E-state index >= 15 is 0 Å². The number of hydrogen-bond donors (Lipinski definition) is 1. The van der Waals surface area contributed by atoms with Crippen molar-refractivity contribution in [3.8, 4) is 28.6 Å². The van der Waals surface area contributed by atoms with E-state index in [-0.39, 0.29) is 11.7 Å². The summed E-state index contributed by atoms with van der Waals surface area (Å²) in [5.41, 5.74) is 2.80. The smallest absolute Gasteiger partial charge is 0.230 e. The average Bonchev–Trinajstić information content (AvgIpc) is 3.31. The van der Waals surface area contributed by atoms with Crippen LogP contribution < -0.4 is 14.8 Å². The van der Waals surface area contributed by atoms with Crippen LogP contribution in [-0.2, 0) is 11.3 Å². The first-order chi connectivity index (χ1) is 16.2. The minimum absolute atomic E-state index is 0.0821. The molecule has 0 spiro atoms. The zero-order valence-electron chi connectivity index (χ0n) is 18.4. The fourth-order valence-electron chi connectivity index (χ4n) is 3.25. The Kier molecular flexibility index (Phi) is 7.26. The lowest BCUT2D eigenvalue weighted by atomic mass is 10.2. The largest absolute Gasteiger partial charge is 0.497 e. The molecule has 0 unspecified atom stereocenters. The number of carbonyl (C=O) groups is 1. The maximum absolute atomic E-state index is 12.5. The summed E-state index contributed by atoms with van der Waals surface area (Å²) in [6.45, 7) is 0.448. The number of rotatable bonds is 9. The number of ether oxygens (including phenoxy) is 2. The van der Waals surface area contributed by atoms with Crippen molar-refractivity contribution in [1.82, 2.24) is 20.1 Å². The molecule has 1 aromatic heterocycles. The molecule has 1 heterocycles. The van der Waals surface area contributed by atoms with E-state index < -0.39 is 0 Å². The standard InChI is InChI=1S/C25H24N4O3S/c1-31-21-13-11-18(12-14-21)16-26-23(30)17-33-25-28-27-24(19-7-6-10-22(15-19)32-2)29(25)20-8-4-3-5-9-20/h3-15H,16-17H2,1-2H3,(H,26,30). The fourth-order valence-corrected chi connectivity index (χ4v) is 4.03. The third kappa shape index (κ3) is 5.53. The molecular weight excluding hydrogens is 436 g/mol. The molecule has 8 heteroatoms. The van der Waals surface area contributed by atoms with Crippen molar-refractivity contribution >= 4 is 17.7 Å². The van der Waals surface area contributed by atoms with Gasteiger partial charge in [0.25, 0.3) is 0 Å². The van der Waals surface area contributed by atoms with Gasteiger partial charge in [0.1, 0.15) is 11.5 Å². The Morgan fingerprint density at radius 2 is 1.67 bits per heavy atom. The van der Waals surface area contributed by atoms with E-state index in [0.29, 0.717) is 17.5 Å². The molecule has 0 bridgehead atoms. The number of nitrogens with one attached hydrogen (secondary N) is 1. The topological polar surface area (TPSA) is 78.3 Å². The molecule has 4 rings (SSSR count). The summed E-state index contributed by atoms with van der Waals surface area (Å²) in [7, 11) is 3.26. The van der Waals surface area contributed by atoms with Gasteiger partial charge in [0, 0.05) is 17.8 Å². The van der Waals surface area contributed by atoms with Gasteiger partial charge < -0.3 is 14.8 Å². The normalized spacial score (nSPS) is 10.6. The van der Waals surface area contributed by atoms with Crippen LogP contribution >= 0.6 is 11.8 Å². The Morgan fingerprint density at radius 1 is 0.909 bits per heavy atom. The van der Waals surface area contributed by atoms with Gasteiger partial charge in [0.15, 0.2) is 11.0 Å². The molecule has 0 aliphatic carbocycles. The van der Waals surface area contributed by atoms with Gasteiger partial charge in [-0.1, -0.05) is 54.2 Å². The van der Waals surface area contributed by atoms with Gasteiger partial charge in [-0.15, -0.1) is 10.2 Å². The molecule has 168 valence electrons. The third-order valence-corrected chi connectivity index (χ3v) is 5.89. The van der Waals surface area contributed by atoms with Gasteiger partial charge in [-0.2, -0.15) is 0 Å². The van der Waals surface area contributed by atoms with Gasteiger partial charge in [0.2, 0.25) is 5.91 Å². The van der Waals surface area contributed by atoms with Crippen LogP contribution in [0.5, 0.6) is 11.5 Å². The van der Waals surface area contributed by atoms with Crippen LogP contribution in [0.4, 0.5) is 0 Å². The van der Waals surface area contributed by atoms with E-state index in [2.05, 4.69) is 15.5 Å². The van der Waals surface area contributed by atoms with Crippen molar-refractivity contribution < 1.29 is 14.3 Å². The van der Waals surface area contributed by atoms with Crippen molar-refractivity contribution in [2.75, 3.05) is 20.0 Å². The van der Waals surface area contributed by atoms with Crippen LogP contribution in [0.3, 0.4) is 0 Å². The van der Waals surface area contributed by atoms with E-state index in [9.17, 15) is 4.79 Å². The highest BCUT2D eigenvalue weighted by molar-refractivity contribution is 7.99. The molecule has 33 heavy (non-hydrogen) atoms. The van der Waals surface area contributed by atoms with E-state index in [0.717, 1.165) is 28.3 Å². The summed E-state index contributed by atoms with van der Waals surface area (Å²) in [6.07, 6.45) is 0. The second-order valence-corrected chi connectivity index (χ2v) is 8.07. The van der Waals surface area contributed by atoms with Gasteiger partial charge in [-0.25, -0.2) is 0 Å². The highest BCUT2D eigenvalue weighted by atomic mass is 32.2. The minimum Gasteiger partial charge on any atom is -0.497 e. The van der Waals surface area contributed by atoms with Gasteiger partial charge in [-0.05, 0) is 42.0 Å². The van der Waals surface area contributed by atoms with E-state index in [4.69, 9.17) is 9.47 Å². The highest BCUT2D eigenvalue weighted by Crippen LogP contribution is 2.29. The number of para-hydroxylation sites is 1. The average molecular weight is 461 g/mol. The number of carbonyl (C=O) groups excluding carboxylic acids is 1. The van der Waals surface area contributed by atoms with Crippen LogP contribution in [-0.4, -0.2) is 40.6 Å². The third-order valence-electron chi connectivity index (χ3n) is 4.96. The molecule has 0 aliphatic heterocycles. The van der Waals surface area contributed by atoms with Gasteiger partial charge >= 0.3 is 0 Å². The maximum Gasteiger partial charge on any atom is 0.230 e. The molecule has 0 saturated carbocycles. The molecule has 3 aromatic carbocycles. The van der Waals surface area contributed by atoms with Crippen LogP contribution in [0.25, 0.3) is 17.1 Å². The zero-order chi connectivity index (χ0) is 23.0. The SMILES string of the molecule is COc1ccc(CNC(=O)CSc2nnc(-c3cccc(OC)c3)n2-c2ccccc2)cc1. The molecular formula is C25H24N4O3S. The lowest BCUT2D eigenvalue weighted by Gasteiger charge is -2.11. The molecule has 0 fully saturated rings. The number of benzene rings is 3. The first kappa shape index (κ1) is 22.4. The van der Waals surface area contributed by atoms with E-state index in [1.165, 1.54) is 11.8 Å². The van der Waals surface area contributed by atoms with Crippen molar-refractivity contribution in [3.63, 3.8) is 0 Å². The molecule has 1 amide bonds. The van der Waals surface area contributed by atoms with Crippen LogP contribution in [0.2, 0.25) is 0 Å². The first-order valence-electron chi connectivity index (χ1n) is 10.4. The molecule has 1 N–H and O–H groups in total. The number of thioether (sulfide) groups is 1. The number of methoxy groups -OCH3 is 2. The molecule has 0 atom stereocenters. The Labute approximate surface area is 196 Å². The summed E-state index contributed by atoms with van der Waals surface area (Å²) in [5, 5.41) is 12.4. The first-order valence-corrected chi connectivity index (χ1v) is 11.3. The van der Waals surface area contributed by atoms with Crippen molar-refractivity contribution in [1.29, 1.82) is 0 Å². The van der Waals surface area contributed by atoms with Gasteiger partial charge in [-0.3, -0.25) is 9.36 Å². The van der Waals surface area contributed by atoms with Crippen LogP contribution in [0.15, 0.2) is 84.0 Å². The van der Waals surface area contributed by atoms with Crippen molar-refractivity contribution in [3.05, 3.63) is 84.4 Å². The number of amides is 1. The lowest BCUT2D eigenvalue weighted by Crippen LogP contribution is -2.24. The molecule has 4 aromatic rings. The molecule has 0 radical (unpaired) electrons. The Bertz CT molecular complexity index is 1210. The summed E-state index contributed by atoms with van der Waals surface area (Å²) < 4.78 is 12.5. The Hall–Kier alpha value is -3.78. The Balaban J connectivity index is 1.50. The van der Waals surface area contributed by atoms with Gasteiger partial charge in [0.05, 0.1) is 20.0 Å².